The standard InChI is InChI=1S/C19H24Cl2N4O2/c1-4-16-19(21)13(2)22-25(16)12-18(26)24-9-7-23(8-10-24)14-5-6-15(20)17(11-14)27-3/h5-6,11H,4,7-10,12H2,1-3H3. The van der Waals surface area contributed by atoms with Crippen LogP contribution in [-0.2, 0) is 17.8 Å². The van der Waals surface area contributed by atoms with E-state index in [9.17, 15) is 4.79 Å². The van der Waals surface area contributed by atoms with Gasteiger partial charge >= 0.3 is 0 Å². The fourth-order valence-corrected chi connectivity index (χ4v) is 3.83. The number of anilines is 1. The van der Waals surface area contributed by atoms with Crippen molar-refractivity contribution in [3.8, 4) is 5.75 Å². The molecular weight excluding hydrogens is 387 g/mol. The van der Waals surface area contributed by atoms with Crippen LogP contribution in [0.5, 0.6) is 5.75 Å². The van der Waals surface area contributed by atoms with E-state index < -0.39 is 0 Å². The molecular formula is C19H24Cl2N4O2. The summed E-state index contributed by atoms with van der Waals surface area (Å²) in [5.41, 5.74) is 2.73. The largest absolute Gasteiger partial charge is 0.495 e. The van der Waals surface area contributed by atoms with E-state index in [0.717, 1.165) is 36.6 Å². The van der Waals surface area contributed by atoms with Crippen LogP contribution in [-0.4, -0.2) is 53.9 Å². The molecule has 2 aromatic rings. The molecule has 1 fully saturated rings. The zero-order chi connectivity index (χ0) is 19.6. The topological polar surface area (TPSA) is 50.6 Å². The van der Waals surface area contributed by atoms with Gasteiger partial charge in [-0.3, -0.25) is 9.48 Å². The maximum Gasteiger partial charge on any atom is 0.244 e. The Bertz CT molecular complexity index is 829. The van der Waals surface area contributed by atoms with Crippen LogP contribution in [0.2, 0.25) is 10.0 Å². The molecule has 3 rings (SSSR count). The molecule has 2 heterocycles. The summed E-state index contributed by atoms with van der Waals surface area (Å²) in [6.45, 7) is 6.96. The Morgan fingerprint density at radius 3 is 2.56 bits per heavy atom. The highest BCUT2D eigenvalue weighted by Crippen LogP contribution is 2.30. The molecule has 0 atom stereocenters. The lowest BCUT2D eigenvalue weighted by Crippen LogP contribution is -2.49. The summed E-state index contributed by atoms with van der Waals surface area (Å²) in [7, 11) is 1.61. The second-order valence-electron chi connectivity index (χ2n) is 6.54. The van der Waals surface area contributed by atoms with Gasteiger partial charge in [-0.15, -0.1) is 0 Å². The number of hydrogen-bond donors (Lipinski definition) is 0. The van der Waals surface area contributed by atoms with Crippen molar-refractivity contribution in [1.29, 1.82) is 0 Å². The SMILES string of the molecule is CCc1c(Cl)c(C)nn1CC(=O)N1CCN(c2ccc(Cl)c(OC)c2)CC1. The summed E-state index contributed by atoms with van der Waals surface area (Å²) in [5, 5.41) is 5.66. The molecule has 146 valence electrons. The molecule has 8 heteroatoms. The van der Waals surface area contributed by atoms with E-state index in [1.165, 1.54) is 0 Å². The Kier molecular flexibility index (Phi) is 6.17. The lowest BCUT2D eigenvalue weighted by Gasteiger charge is -2.36. The van der Waals surface area contributed by atoms with E-state index in [-0.39, 0.29) is 12.5 Å². The fraction of sp³-hybridized carbons (Fsp3) is 0.474. The maximum atomic E-state index is 12.7. The third-order valence-electron chi connectivity index (χ3n) is 4.91. The first-order chi connectivity index (χ1) is 12.9. The molecule has 1 aromatic heterocycles. The first-order valence-corrected chi connectivity index (χ1v) is 9.78. The molecule has 1 aliphatic heterocycles. The van der Waals surface area contributed by atoms with E-state index in [4.69, 9.17) is 27.9 Å². The van der Waals surface area contributed by atoms with E-state index in [1.807, 2.05) is 36.9 Å². The summed E-state index contributed by atoms with van der Waals surface area (Å²) >= 11 is 12.4. The minimum absolute atomic E-state index is 0.0669. The van der Waals surface area contributed by atoms with Crippen LogP contribution in [0, 0.1) is 6.92 Å². The van der Waals surface area contributed by atoms with Gasteiger partial charge in [0.15, 0.2) is 0 Å². The predicted octanol–water partition coefficient (Wildman–Crippen LogP) is 3.42. The average Bonchev–Trinajstić information content (AvgIpc) is 2.95. The van der Waals surface area contributed by atoms with Crippen LogP contribution in [0.15, 0.2) is 18.2 Å². The first kappa shape index (κ1) is 19.8. The second kappa shape index (κ2) is 8.40. The Hall–Kier alpha value is -1.92. The molecule has 0 spiro atoms. The molecule has 1 saturated heterocycles. The molecule has 1 aliphatic rings. The van der Waals surface area contributed by atoms with Gasteiger partial charge in [0.2, 0.25) is 5.91 Å². The van der Waals surface area contributed by atoms with Crippen molar-refractivity contribution in [3.63, 3.8) is 0 Å². The minimum atomic E-state index is 0.0669. The van der Waals surface area contributed by atoms with Crippen molar-refractivity contribution in [1.82, 2.24) is 14.7 Å². The smallest absolute Gasteiger partial charge is 0.244 e. The van der Waals surface area contributed by atoms with Gasteiger partial charge in [-0.1, -0.05) is 30.1 Å². The molecule has 0 N–H and O–H groups in total. The van der Waals surface area contributed by atoms with E-state index >= 15 is 0 Å². The quantitative estimate of drug-likeness (QED) is 0.757. The Morgan fingerprint density at radius 1 is 1.22 bits per heavy atom. The second-order valence-corrected chi connectivity index (χ2v) is 7.33. The van der Waals surface area contributed by atoms with Crippen LogP contribution in [0.3, 0.4) is 0 Å². The van der Waals surface area contributed by atoms with Crippen LogP contribution in [0.1, 0.15) is 18.3 Å². The van der Waals surface area contributed by atoms with Gasteiger partial charge in [-0.05, 0) is 25.5 Å². The number of aromatic nitrogens is 2. The molecule has 6 nitrogen and oxygen atoms in total. The Labute approximate surface area is 169 Å². The van der Waals surface area contributed by atoms with E-state index in [0.29, 0.717) is 28.9 Å². The van der Waals surface area contributed by atoms with Gasteiger partial charge in [0.1, 0.15) is 12.3 Å². The zero-order valence-corrected chi connectivity index (χ0v) is 17.3. The number of amides is 1. The first-order valence-electron chi connectivity index (χ1n) is 9.02. The molecule has 0 saturated carbocycles. The summed E-state index contributed by atoms with van der Waals surface area (Å²) in [6, 6.07) is 5.75. The lowest BCUT2D eigenvalue weighted by molar-refractivity contribution is -0.132. The summed E-state index contributed by atoms with van der Waals surface area (Å²) in [4.78, 5) is 16.8. The molecule has 0 radical (unpaired) electrons. The highest BCUT2D eigenvalue weighted by Gasteiger charge is 2.23. The zero-order valence-electron chi connectivity index (χ0n) is 15.8. The molecule has 0 aliphatic carbocycles. The van der Waals surface area contributed by atoms with Crippen molar-refractivity contribution in [2.45, 2.75) is 26.8 Å². The normalized spacial score (nSPS) is 14.6. The van der Waals surface area contributed by atoms with Crippen molar-refractivity contribution in [3.05, 3.63) is 39.6 Å². The van der Waals surface area contributed by atoms with Crippen molar-refractivity contribution in [2.24, 2.45) is 0 Å². The van der Waals surface area contributed by atoms with Crippen LogP contribution < -0.4 is 9.64 Å². The predicted molar refractivity (Wildman–Crippen MR) is 108 cm³/mol. The summed E-state index contributed by atoms with van der Waals surface area (Å²) in [5.74, 6) is 0.725. The lowest BCUT2D eigenvalue weighted by atomic mass is 10.2. The Balaban J connectivity index is 1.62. The number of benzene rings is 1. The van der Waals surface area contributed by atoms with Crippen molar-refractivity contribution < 1.29 is 9.53 Å². The highest BCUT2D eigenvalue weighted by molar-refractivity contribution is 6.32. The number of nitrogens with zero attached hydrogens (tertiary/aromatic N) is 4. The van der Waals surface area contributed by atoms with Crippen molar-refractivity contribution in [2.75, 3.05) is 38.2 Å². The Morgan fingerprint density at radius 2 is 1.93 bits per heavy atom. The van der Waals surface area contributed by atoms with Gasteiger partial charge in [0.05, 0.1) is 28.5 Å². The molecule has 0 bridgehead atoms. The molecule has 27 heavy (non-hydrogen) atoms. The van der Waals surface area contributed by atoms with E-state index in [2.05, 4.69) is 10.00 Å². The van der Waals surface area contributed by atoms with Gasteiger partial charge in [-0.25, -0.2) is 0 Å². The average molecular weight is 411 g/mol. The number of halogens is 2. The molecule has 1 amide bonds. The van der Waals surface area contributed by atoms with Crippen LogP contribution >= 0.6 is 23.2 Å². The van der Waals surface area contributed by atoms with Gasteiger partial charge in [0, 0.05) is 37.9 Å². The number of hydrogen-bond acceptors (Lipinski definition) is 4. The number of carbonyl (C=O) groups excluding carboxylic acids is 1. The highest BCUT2D eigenvalue weighted by atomic mass is 35.5. The maximum absolute atomic E-state index is 12.7. The van der Waals surface area contributed by atoms with Gasteiger partial charge in [0.25, 0.3) is 0 Å². The fourth-order valence-electron chi connectivity index (χ4n) is 3.36. The van der Waals surface area contributed by atoms with E-state index in [1.54, 1.807) is 11.8 Å². The molecule has 0 unspecified atom stereocenters. The number of piperazine rings is 1. The number of rotatable bonds is 5. The number of ether oxygens (including phenoxy) is 1. The molecule has 1 aromatic carbocycles. The number of methoxy groups -OCH3 is 1. The number of carbonyl (C=O) groups is 1. The van der Waals surface area contributed by atoms with Crippen LogP contribution in [0.25, 0.3) is 0 Å². The summed E-state index contributed by atoms with van der Waals surface area (Å²) in [6.07, 6.45) is 0.749. The van der Waals surface area contributed by atoms with Gasteiger partial charge < -0.3 is 14.5 Å². The van der Waals surface area contributed by atoms with Crippen molar-refractivity contribution >= 4 is 34.8 Å². The minimum Gasteiger partial charge on any atom is -0.495 e. The number of aryl methyl sites for hydroxylation is 1. The van der Waals surface area contributed by atoms with Crippen LogP contribution in [0.4, 0.5) is 5.69 Å². The van der Waals surface area contributed by atoms with Gasteiger partial charge in [-0.2, -0.15) is 5.10 Å². The monoisotopic (exact) mass is 410 g/mol. The summed E-state index contributed by atoms with van der Waals surface area (Å²) < 4.78 is 7.02. The third kappa shape index (κ3) is 4.17. The third-order valence-corrected chi connectivity index (χ3v) is 5.71.